The summed E-state index contributed by atoms with van der Waals surface area (Å²) in [7, 11) is 0. The van der Waals surface area contributed by atoms with Crippen LogP contribution in [0, 0.1) is 12.7 Å². The molecule has 0 radical (unpaired) electrons. The van der Waals surface area contributed by atoms with Crippen molar-refractivity contribution in [3.05, 3.63) is 65.6 Å². The smallest absolute Gasteiger partial charge is 0.168 e. The van der Waals surface area contributed by atoms with Gasteiger partial charge in [-0.25, -0.2) is 14.4 Å². The number of nitrogens with zero attached hydrogens (tertiary/aromatic N) is 3. The third-order valence-corrected chi connectivity index (χ3v) is 3.02. The lowest BCUT2D eigenvalue weighted by Crippen LogP contribution is -2.00. The maximum absolute atomic E-state index is 13.5. The lowest BCUT2D eigenvalue weighted by atomic mass is 10.2. The largest absolute Gasteiger partial charge is 0.260 e. The number of aromatic nitrogens is 2. The Bertz CT molecular complexity index is 814. The monoisotopic (exact) mass is 280 g/mol. The van der Waals surface area contributed by atoms with Crippen LogP contribution in [0.15, 0.2) is 53.6 Å². The maximum atomic E-state index is 13.5. The van der Waals surface area contributed by atoms with Crippen molar-refractivity contribution in [1.82, 2.24) is 9.97 Å². The molecule has 4 nitrogen and oxygen atoms in total. The van der Waals surface area contributed by atoms with E-state index in [9.17, 15) is 4.39 Å². The summed E-state index contributed by atoms with van der Waals surface area (Å²) in [6.07, 6.45) is 1.42. The molecule has 104 valence electrons. The van der Waals surface area contributed by atoms with Crippen LogP contribution in [-0.4, -0.2) is 16.2 Å². The Hall–Kier alpha value is -2.82. The van der Waals surface area contributed by atoms with Crippen molar-refractivity contribution < 1.29 is 4.39 Å². The van der Waals surface area contributed by atoms with Crippen molar-refractivity contribution in [3.63, 3.8) is 0 Å². The molecule has 0 aliphatic rings. The maximum Gasteiger partial charge on any atom is 0.168 e. The SMILES string of the molecule is Cc1nc2ccccc2nc1NN=Cc1ccccc1F. The van der Waals surface area contributed by atoms with Gasteiger partial charge in [0.15, 0.2) is 5.82 Å². The summed E-state index contributed by atoms with van der Waals surface area (Å²) in [5.74, 6) is 0.241. The molecule has 1 heterocycles. The Balaban J connectivity index is 1.85. The number of para-hydroxylation sites is 2. The van der Waals surface area contributed by atoms with Crippen LogP contribution in [0.3, 0.4) is 0 Å². The predicted octanol–water partition coefficient (Wildman–Crippen LogP) is 3.52. The van der Waals surface area contributed by atoms with Crippen LogP contribution in [0.25, 0.3) is 11.0 Å². The number of halogens is 1. The van der Waals surface area contributed by atoms with Crippen molar-refractivity contribution in [3.8, 4) is 0 Å². The molecule has 3 aromatic rings. The number of hydrogen-bond donors (Lipinski definition) is 1. The van der Waals surface area contributed by atoms with Gasteiger partial charge in [0.05, 0.1) is 22.9 Å². The number of fused-ring (bicyclic) bond motifs is 1. The number of aryl methyl sites for hydroxylation is 1. The van der Waals surface area contributed by atoms with Crippen molar-refractivity contribution >= 4 is 23.1 Å². The minimum atomic E-state index is -0.315. The lowest BCUT2D eigenvalue weighted by molar-refractivity contribution is 0.626. The third kappa shape index (κ3) is 2.86. The first kappa shape index (κ1) is 13.2. The fourth-order valence-corrected chi connectivity index (χ4v) is 1.94. The standard InChI is InChI=1S/C16H13FN4/c1-11-16(20-15-9-5-4-8-14(15)19-11)21-18-10-12-6-2-3-7-13(12)17/h2-10H,1H3,(H,20,21). The van der Waals surface area contributed by atoms with Gasteiger partial charge in [-0.1, -0.05) is 30.3 Å². The lowest BCUT2D eigenvalue weighted by Gasteiger charge is -2.05. The average molecular weight is 280 g/mol. The van der Waals surface area contributed by atoms with E-state index >= 15 is 0 Å². The topological polar surface area (TPSA) is 50.2 Å². The van der Waals surface area contributed by atoms with Gasteiger partial charge < -0.3 is 0 Å². The first-order valence-corrected chi connectivity index (χ1v) is 6.51. The average Bonchev–Trinajstić information content (AvgIpc) is 2.49. The van der Waals surface area contributed by atoms with Gasteiger partial charge >= 0.3 is 0 Å². The summed E-state index contributed by atoms with van der Waals surface area (Å²) >= 11 is 0. The summed E-state index contributed by atoms with van der Waals surface area (Å²) in [6, 6.07) is 14.0. The van der Waals surface area contributed by atoms with Crippen LogP contribution < -0.4 is 5.43 Å². The molecule has 0 amide bonds. The zero-order valence-corrected chi connectivity index (χ0v) is 11.4. The molecule has 0 fully saturated rings. The van der Waals surface area contributed by atoms with Gasteiger partial charge in [-0.3, -0.25) is 5.43 Å². The number of rotatable bonds is 3. The zero-order chi connectivity index (χ0) is 14.7. The number of anilines is 1. The Kier molecular flexibility index (Phi) is 3.55. The molecule has 0 spiro atoms. The minimum Gasteiger partial charge on any atom is -0.260 e. The van der Waals surface area contributed by atoms with Gasteiger partial charge in [0, 0.05) is 5.56 Å². The van der Waals surface area contributed by atoms with E-state index in [4.69, 9.17) is 0 Å². The number of hydrazone groups is 1. The second kappa shape index (κ2) is 5.66. The van der Waals surface area contributed by atoms with Crippen molar-refractivity contribution in [2.24, 2.45) is 5.10 Å². The van der Waals surface area contributed by atoms with E-state index in [2.05, 4.69) is 20.5 Å². The number of nitrogens with one attached hydrogen (secondary N) is 1. The Morgan fingerprint density at radius 2 is 1.67 bits per heavy atom. The second-order valence-electron chi connectivity index (χ2n) is 4.54. The van der Waals surface area contributed by atoms with Crippen LogP contribution in [0.1, 0.15) is 11.3 Å². The normalized spacial score (nSPS) is 11.1. The minimum absolute atomic E-state index is 0.315. The quantitative estimate of drug-likeness (QED) is 0.590. The Labute approximate surface area is 121 Å². The summed E-state index contributed by atoms with van der Waals surface area (Å²) in [4.78, 5) is 8.89. The number of hydrogen-bond acceptors (Lipinski definition) is 4. The number of benzene rings is 2. The molecule has 0 saturated heterocycles. The van der Waals surface area contributed by atoms with Gasteiger partial charge in [0.2, 0.25) is 0 Å². The highest BCUT2D eigenvalue weighted by Gasteiger charge is 2.03. The fraction of sp³-hybridized carbons (Fsp3) is 0.0625. The third-order valence-electron chi connectivity index (χ3n) is 3.02. The van der Waals surface area contributed by atoms with Gasteiger partial charge in [0.25, 0.3) is 0 Å². The van der Waals surface area contributed by atoms with Crippen molar-refractivity contribution in [2.45, 2.75) is 6.92 Å². The van der Waals surface area contributed by atoms with Crippen molar-refractivity contribution in [2.75, 3.05) is 5.43 Å². The van der Waals surface area contributed by atoms with E-state index in [0.29, 0.717) is 11.4 Å². The van der Waals surface area contributed by atoms with Crippen LogP contribution >= 0.6 is 0 Å². The van der Waals surface area contributed by atoms with Crippen LogP contribution in [0.4, 0.5) is 10.2 Å². The Morgan fingerprint density at radius 1 is 1.00 bits per heavy atom. The molecule has 2 aromatic carbocycles. The van der Waals surface area contributed by atoms with Crippen LogP contribution in [0.5, 0.6) is 0 Å². The molecular formula is C16H13FN4. The van der Waals surface area contributed by atoms with Gasteiger partial charge in [0.1, 0.15) is 5.82 Å². The molecule has 0 bridgehead atoms. The van der Waals surface area contributed by atoms with Crippen LogP contribution in [0.2, 0.25) is 0 Å². The highest BCUT2D eigenvalue weighted by Crippen LogP contribution is 2.15. The molecule has 0 saturated carbocycles. The molecule has 0 aliphatic heterocycles. The van der Waals surface area contributed by atoms with Gasteiger partial charge in [-0.2, -0.15) is 5.10 Å². The van der Waals surface area contributed by atoms with E-state index in [1.165, 1.54) is 12.3 Å². The van der Waals surface area contributed by atoms with E-state index in [1.54, 1.807) is 18.2 Å². The summed E-state index contributed by atoms with van der Waals surface area (Å²) in [5.41, 5.74) is 5.57. The van der Waals surface area contributed by atoms with Crippen molar-refractivity contribution in [1.29, 1.82) is 0 Å². The molecule has 0 atom stereocenters. The van der Waals surface area contributed by atoms with E-state index in [1.807, 2.05) is 31.2 Å². The van der Waals surface area contributed by atoms with Gasteiger partial charge in [-0.15, -0.1) is 0 Å². The zero-order valence-electron chi connectivity index (χ0n) is 11.4. The molecule has 1 aromatic heterocycles. The first-order chi connectivity index (χ1) is 10.2. The molecule has 21 heavy (non-hydrogen) atoms. The summed E-state index contributed by atoms with van der Waals surface area (Å²) in [6.45, 7) is 1.85. The molecule has 5 heteroatoms. The first-order valence-electron chi connectivity index (χ1n) is 6.51. The molecular weight excluding hydrogens is 267 g/mol. The highest BCUT2D eigenvalue weighted by molar-refractivity contribution is 5.81. The molecule has 0 aliphatic carbocycles. The van der Waals surface area contributed by atoms with E-state index in [0.717, 1.165) is 16.7 Å². The van der Waals surface area contributed by atoms with E-state index in [-0.39, 0.29) is 5.82 Å². The van der Waals surface area contributed by atoms with Crippen LogP contribution in [-0.2, 0) is 0 Å². The summed E-state index contributed by atoms with van der Waals surface area (Å²) < 4.78 is 13.5. The molecule has 1 N–H and O–H groups in total. The second-order valence-corrected chi connectivity index (χ2v) is 4.54. The van der Waals surface area contributed by atoms with Gasteiger partial charge in [-0.05, 0) is 25.1 Å². The summed E-state index contributed by atoms with van der Waals surface area (Å²) in [5, 5.41) is 4.02. The Morgan fingerprint density at radius 3 is 2.43 bits per heavy atom. The predicted molar refractivity (Wildman–Crippen MR) is 81.9 cm³/mol. The molecule has 3 rings (SSSR count). The molecule has 0 unspecified atom stereocenters. The van der Waals surface area contributed by atoms with E-state index < -0.39 is 0 Å². The highest BCUT2D eigenvalue weighted by atomic mass is 19.1. The fourth-order valence-electron chi connectivity index (χ4n) is 1.94.